The summed E-state index contributed by atoms with van der Waals surface area (Å²) >= 11 is 0. The predicted molar refractivity (Wildman–Crippen MR) is 65.8 cm³/mol. The fourth-order valence-corrected chi connectivity index (χ4v) is 2.26. The number of nitrogens with two attached hydrogens (primary N) is 1. The standard InChI is InChI=1S/C13H18N2O2/c14-8-10-3-2-6-15(9-10)13(17)11-4-1-5-12(16)7-11/h1,4-5,7,10,16H,2-3,6,8-9,14H2. The van der Waals surface area contributed by atoms with E-state index in [0.717, 1.165) is 25.9 Å². The lowest BCUT2D eigenvalue weighted by Crippen LogP contribution is -2.42. The monoisotopic (exact) mass is 234 g/mol. The summed E-state index contributed by atoms with van der Waals surface area (Å²) in [5.41, 5.74) is 6.19. The number of carbonyl (C=O) groups is 1. The molecule has 1 aliphatic heterocycles. The van der Waals surface area contributed by atoms with Gasteiger partial charge in [-0.1, -0.05) is 6.07 Å². The van der Waals surface area contributed by atoms with Crippen molar-refractivity contribution in [2.75, 3.05) is 19.6 Å². The number of carbonyl (C=O) groups excluding carboxylic acids is 1. The molecule has 1 aromatic carbocycles. The molecule has 4 heteroatoms. The third kappa shape index (κ3) is 2.77. The van der Waals surface area contributed by atoms with Gasteiger partial charge in [0.1, 0.15) is 5.75 Å². The van der Waals surface area contributed by atoms with Crippen LogP contribution in [-0.2, 0) is 0 Å². The highest BCUT2D eigenvalue weighted by molar-refractivity contribution is 5.94. The van der Waals surface area contributed by atoms with Crippen LogP contribution in [0.4, 0.5) is 0 Å². The highest BCUT2D eigenvalue weighted by Crippen LogP contribution is 2.19. The number of piperidine rings is 1. The second-order valence-corrected chi connectivity index (χ2v) is 4.55. The third-order valence-corrected chi connectivity index (χ3v) is 3.23. The van der Waals surface area contributed by atoms with Crippen LogP contribution in [0.3, 0.4) is 0 Å². The normalized spacial score (nSPS) is 20.3. The molecule has 17 heavy (non-hydrogen) atoms. The first-order valence-corrected chi connectivity index (χ1v) is 5.99. The summed E-state index contributed by atoms with van der Waals surface area (Å²) in [6.07, 6.45) is 2.10. The Labute approximate surface area is 101 Å². The molecule has 1 unspecified atom stereocenters. The lowest BCUT2D eigenvalue weighted by atomic mass is 9.97. The topological polar surface area (TPSA) is 66.6 Å². The molecule has 2 rings (SSSR count). The maximum Gasteiger partial charge on any atom is 0.253 e. The zero-order valence-electron chi connectivity index (χ0n) is 9.80. The van der Waals surface area contributed by atoms with Crippen LogP contribution in [0.1, 0.15) is 23.2 Å². The van der Waals surface area contributed by atoms with Crippen LogP contribution in [0.25, 0.3) is 0 Å². The molecule has 0 radical (unpaired) electrons. The Kier molecular flexibility index (Phi) is 3.64. The summed E-state index contributed by atoms with van der Waals surface area (Å²) in [4.78, 5) is 14.0. The van der Waals surface area contributed by atoms with E-state index < -0.39 is 0 Å². The minimum Gasteiger partial charge on any atom is -0.508 e. The van der Waals surface area contributed by atoms with Gasteiger partial charge in [-0.3, -0.25) is 4.79 Å². The Morgan fingerprint density at radius 1 is 1.53 bits per heavy atom. The van der Waals surface area contributed by atoms with Gasteiger partial charge in [0, 0.05) is 18.7 Å². The summed E-state index contributed by atoms with van der Waals surface area (Å²) in [6, 6.07) is 6.49. The molecule has 0 spiro atoms. The van der Waals surface area contributed by atoms with Crippen LogP contribution in [0.5, 0.6) is 5.75 Å². The van der Waals surface area contributed by atoms with Gasteiger partial charge in [-0.15, -0.1) is 0 Å². The molecule has 1 fully saturated rings. The molecule has 0 saturated carbocycles. The number of phenolic OH excluding ortho intramolecular Hbond substituents is 1. The lowest BCUT2D eigenvalue weighted by molar-refractivity contribution is 0.0678. The Balaban J connectivity index is 2.09. The SMILES string of the molecule is NCC1CCCN(C(=O)c2cccc(O)c2)C1. The van der Waals surface area contributed by atoms with E-state index in [2.05, 4.69) is 0 Å². The number of phenols is 1. The second-order valence-electron chi connectivity index (χ2n) is 4.55. The third-order valence-electron chi connectivity index (χ3n) is 3.23. The Morgan fingerprint density at radius 2 is 2.35 bits per heavy atom. The van der Waals surface area contributed by atoms with Crippen molar-refractivity contribution in [3.63, 3.8) is 0 Å². The quantitative estimate of drug-likeness (QED) is 0.808. The van der Waals surface area contributed by atoms with E-state index in [1.54, 1.807) is 18.2 Å². The molecule has 1 heterocycles. The van der Waals surface area contributed by atoms with Crippen molar-refractivity contribution in [1.82, 2.24) is 4.90 Å². The van der Waals surface area contributed by atoms with Crippen molar-refractivity contribution < 1.29 is 9.90 Å². The summed E-state index contributed by atoms with van der Waals surface area (Å²) in [6.45, 7) is 2.14. The van der Waals surface area contributed by atoms with Crippen molar-refractivity contribution >= 4 is 5.91 Å². The van der Waals surface area contributed by atoms with Crippen LogP contribution >= 0.6 is 0 Å². The van der Waals surface area contributed by atoms with Gasteiger partial charge in [0.05, 0.1) is 0 Å². The fourth-order valence-electron chi connectivity index (χ4n) is 2.26. The van der Waals surface area contributed by atoms with Crippen molar-refractivity contribution in [1.29, 1.82) is 0 Å². The molecule has 0 aliphatic carbocycles. The van der Waals surface area contributed by atoms with Crippen LogP contribution in [0.15, 0.2) is 24.3 Å². The van der Waals surface area contributed by atoms with Crippen LogP contribution in [0.2, 0.25) is 0 Å². The van der Waals surface area contributed by atoms with E-state index in [9.17, 15) is 9.90 Å². The summed E-state index contributed by atoms with van der Waals surface area (Å²) in [5, 5.41) is 9.37. The number of rotatable bonds is 2. The average molecular weight is 234 g/mol. The van der Waals surface area contributed by atoms with E-state index >= 15 is 0 Å². The minimum absolute atomic E-state index is 0.0148. The van der Waals surface area contributed by atoms with E-state index in [1.807, 2.05) is 4.90 Å². The molecule has 1 aliphatic rings. The van der Waals surface area contributed by atoms with Crippen LogP contribution < -0.4 is 5.73 Å². The largest absolute Gasteiger partial charge is 0.508 e. The van der Waals surface area contributed by atoms with Crippen molar-refractivity contribution in [3.05, 3.63) is 29.8 Å². The van der Waals surface area contributed by atoms with Crippen molar-refractivity contribution in [2.45, 2.75) is 12.8 Å². The molecule has 1 aromatic rings. The molecular weight excluding hydrogens is 216 g/mol. The summed E-state index contributed by atoms with van der Waals surface area (Å²) in [5.74, 6) is 0.521. The fraction of sp³-hybridized carbons (Fsp3) is 0.462. The Morgan fingerprint density at radius 3 is 3.06 bits per heavy atom. The van der Waals surface area contributed by atoms with Crippen LogP contribution in [0, 0.1) is 5.92 Å². The van der Waals surface area contributed by atoms with Gasteiger partial charge >= 0.3 is 0 Å². The zero-order chi connectivity index (χ0) is 12.3. The Hall–Kier alpha value is -1.55. The molecular formula is C13H18N2O2. The lowest BCUT2D eigenvalue weighted by Gasteiger charge is -2.32. The summed E-state index contributed by atoms with van der Waals surface area (Å²) in [7, 11) is 0. The van der Waals surface area contributed by atoms with E-state index in [0.29, 0.717) is 18.0 Å². The average Bonchev–Trinajstić information content (AvgIpc) is 2.38. The molecule has 0 aromatic heterocycles. The molecule has 1 amide bonds. The van der Waals surface area contributed by atoms with Crippen molar-refractivity contribution in [3.8, 4) is 5.75 Å². The molecule has 4 nitrogen and oxygen atoms in total. The van der Waals surface area contributed by atoms with E-state index in [1.165, 1.54) is 6.07 Å². The van der Waals surface area contributed by atoms with E-state index in [-0.39, 0.29) is 11.7 Å². The maximum atomic E-state index is 12.2. The van der Waals surface area contributed by atoms with Gasteiger partial charge in [0.2, 0.25) is 0 Å². The first kappa shape index (κ1) is 11.9. The first-order chi connectivity index (χ1) is 8.20. The minimum atomic E-state index is -0.0148. The molecule has 3 N–H and O–H groups in total. The number of amides is 1. The van der Waals surface area contributed by atoms with Crippen molar-refractivity contribution in [2.24, 2.45) is 11.7 Å². The predicted octanol–water partition coefficient (Wildman–Crippen LogP) is 1.20. The van der Waals surface area contributed by atoms with E-state index in [4.69, 9.17) is 5.73 Å². The smallest absolute Gasteiger partial charge is 0.253 e. The molecule has 1 atom stereocenters. The van der Waals surface area contributed by atoms with Gasteiger partial charge in [-0.2, -0.15) is 0 Å². The van der Waals surface area contributed by atoms with Crippen LogP contribution in [-0.4, -0.2) is 35.5 Å². The number of hydrogen-bond acceptors (Lipinski definition) is 3. The molecule has 92 valence electrons. The molecule has 1 saturated heterocycles. The van der Waals surface area contributed by atoms with Gasteiger partial charge in [-0.05, 0) is 43.5 Å². The number of aromatic hydroxyl groups is 1. The highest BCUT2D eigenvalue weighted by atomic mass is 16.3. The maximum absolute atomic E-state index is 12.2. The first-order valence-electron chi connectivity index (χ1n) is 5.99. The number of nitrogens with zero attached hydrogens (tertiary/aromatic N) is 1. The Bertz CT molecular complexity index is 406. The summed E-state index contributed by atoms with van der Waals surface area (Å²) < 4.78 is 0. The zero-order valence-corrected chi connectivity index (χ0v) is 9.80. The number of hydrogen-bond donors (Lipinski definition) is 2. The van der Waals surface area contributed by atoms with Gasteiger partial charge in [-0.25, -0.2) is 0 Å². The van der Waals surface area contributed by atoms with Gasteiger partial charge in [0.15, 0.2) is 0 Å². The molecule has 0 bridgehead atoms. The second kappa shape index (κ2) is 5.19. The van der Waals surface area contributed by atoms with Gasteiger partial charge < -0.3 is 15.7 Å². The number of benzene rings is 1. The van der Waals surface area contributed by atoms with Gasteiger partial charge in [0.25, 0.3) is 5.91 Å². The number of likely N-dealkylation sites (tertiary alicyclic amines) is 1. The highest BCUT2D eigenvalue weighted by Gasteiger charge is 2.23.